The summed E-state index contributed by atoms with van der Waals surface area (Å²) in [5.74, 6) is 0.337. The molecule has 32 heavy (non-hydrogen) atoms. The zero-order valence-corrected chi connectivity index (χ0v) is 18.2. The van der Waals surface area contributed by atoms with Crippen molar-refractivity contribution < 1.29 is 18.7 Å². The number of anilines is 1. The zero-order chi connectivity index (χ0) is 22.5. The van der Waals surface area contributed by atoms with Crippen LogP contribution in [0.1, 0.15) is 19.3 Å². The molecule has 2 aliphatic heterocycles. The minimum Gasteiger partial charge on any atom is -0.489 e. The Morgan fingerprint density at radius 2 is 1.72 bits per heavy atom. The molecule has 0 aromatic heterocycles. The monoisotopic (exact) mass is 440 g/mol. The van der Waals surface area contributed by atoms with Crippen molar-refractivity contribution in [1.82, 2.24) is 15.1 Å². The van der Waals surface area contributed by atoms with E-state index in [0.717, 1.165) is 18.6 Å². The highest BCUT2D eigenvalue weighted by Crippen LogP contribution is 2.29. The lowest BCUT2D eigenvalue weighted by atomic mass is 10.0. The minimum absolute atomic E-state index is 0.0103. The van der Waals surface area contributed by atoms with Gasteiger partial charge in [0.05, 0.1) is 11.7 Å². The summed E-state index contributed by atoms with van der Waals surface area (Å²) in [6.45, 7) is 1.76. The molecule has 2 N–H and O–H groups in total. The molecule has 2 saturated heterocycles. The summed E-state index contributed by atoms with van der Waals surface area (Å²) in [4.78, 5) is 29.0. The molecular formula is C24H29FN4O3. The van der Waals surface area contributed by atoms with E-state index in [9.17, 15) is 14.0 Å². The Kier molecular flexibility index (Phi) is 6.90. The van der Waals surface area contributed by atoms with Crippen LogP contribution in [0.2, 0.25) is 0 Å². The summed E-state index contributed by atoms with van der Waals surface area (Å²) in [6.07, 6.45) is 2.05. The molecule has 2 aromatic rings. The van der Waals surface area contributed by atoms with Crippen molar-refractivity contribution in [3.8, 4) is 5.75 Å². The molecule has 3 amide bonds. The van der Waals surface area contributed by atoms with Crippen molar-refractivity contribution in [2.45, 2.75) is 37.5 Å². The van der Waals surface area contributed by atoms with E-state index < -0.39 is 5.82 Å². The van der Waals surface area contributed by atoms with Crippen LogP contribution in [0, 0.1) is 5.82 Å². The highest BCUT2D eigenvalue weighted by atomic mass is 19.1. The lowest BCUT2D eigenvalue weighted by Crippen LogP contribution is -2.52. The van der Waals surface area contributed by atoms with Gasteiger partial charge in [-0.05, 0) is 37.1 Å². The van der Waals surface area contributed by atoms with Gasteiger partial charge in [0.1, 0.15) is 17.7 Å². The summed E-state index contributed by atoms with van der Waals surface area (Å²) in [5, 5.41) is 5.42. The number of carbonyl (C=O) groups is 2. The number of halogens is 1. The molecule has 170 valence electrons. The number of rotatable bonds is 5. The van der Waals surface area contributed by atoms with Gasteiger partial charge in [0.15, 0.2) is 0 Å². The van der Waals surface area contributed by atoms with Crippen LogP contribution >= 0.6 is 0 Å². The molecule has 2 fully saturated rings. The molecule has 2 atom stereocenters. The largest absolute Gasteiger partial charge is 0.489 e. The highest BCUT2D eigenvalue weighted by Gasteiger charge is 2.42. The second-order valence-electron chi connectivity index (χ2n) is 8.24. The summed E-state index contributed by atoms with van der Waals surface area (Å²) >= 11 is 0. The average molecular weight is 441 g/mol. The predicted octanol–water partition coefficient (Wildman–Crippen LogP) is 3.09. The van der Waals surface area contributed by atoms with Gasteiger partial charge in [-0.3, -0.25) is 9.69 Å². The lowest BCUT2D eigenvalue weighted by Gasteiger charge is -2.38. The fourth-order valence-corrected chi connectivity index (χ4v) is 4.58. The first-order chi connectivity index (χ1) is 15.5. The molecule has 8 heteroatoms. The quantitative estimate of drug-likeness (QED) is 0.750. The standard InChI is InChI=1S/C24H29FN4O3/c1-26-23(30)22-15-19(32-18-7-3-2-4-8-18)16-29(22)17-11-13-28(14-12-17)24(31)27-21-10-6-5-9-20(21)25/h2-10,17,19,22H,11-16H2,1H3,(H,26,30)(H,27,31)/t19-,22-/m0/s1. The van der Waals surface area contributed by atoms with Gasteiger partial charge in [0.2, 0.25) is 5.91 Å². The molecule has 0 spiro atoms. The van der Waals surface area contributed by atoms with Crippen LogP contribution in [0.3, 0.4) is 0 Å². The molecule has 2 heterocycles. The van der Waals surface area contributed by atoms with E-state index in [1.807, 2.05) is 30.3 Å². The van der Waals surface area contributed by atoms with E-state index in [2.05, 4.69) is 15.5 Å². The number of hydrogen-bond donors (Lipinski definition) is 2. The molecule has 0 bridgehead atoms. The maximum atomic E-state index is 13.8. The van der Waals surface area contributed by atoms with Crippen LogP contribution in [0.5, 0.6) is 5.75 Å². The Morgan fingerprint density at radius 1 is 1.03 bits per heavy atom. The van der Waals surface area contributed by atoms with Gasteiger partial charge < -0.3 is 20.3 Å². The van der Waals surface area contributed by atoms with E-state index in [1.54, 1.807) is 30.1 Å². The predicted molar refractivity (Wildman–Crippen MR) is 120 cm³/mol. The van der Waals surface area contributed by atoms with E-state index in [4.69, 9.17) is 4.74 Å². The van der Waals surface area contributed by atoms with Crippen molar-refractivity contribution in [1.29, 1.82) is 0 Å². The summed E-state index contributed by atoms with van der Waals surface area (Å²) in [6, 6.07) is 15.4. The first kappa shape index (κ1) is 22.1. The second kappa shape index (κ2) is 9.99. The third kappa shape index (κ3) is 5.02. The van der Waals surface area contributed by atoms with Crippen LogP contribution in [-0.2, 0) is 4.79 Å². The van der Waals surface area contributed by atoms with E-state index in [-0.39, 0.29) is 35.8 Å². The molecule has 2 aliphatic rings. The normalized spacial score (nSPS) is 21.9. The van der Waals surface area contributed by atoms with Crippen molar-refractivity contribution in [2.75, 3.05) is 32.0 Å². The molecule has 0 radical (unpaired) electrons. The van der Waals surface area contributed by atoms with E-state index in [1.165, 1.54) is 6.07 Å². The molecule has 0 aliphatic carbocycles. The van der Waals surface area contributed by atoms with Crippen molar-refractivity contribution in [3.63, 3.8) is 0 Å². The number of nitrogens with one attached hydrogen (secondary N) is 2. The van der Waals surface area contributed by atoms with E-state index in [0.29, 0.717) is 26.1 Å². The zero-order valence-electron chi connectivity index (χ0n) is 18.2. The molecule has 7 nitrogen and oxygen atoms in total. The second-order valence-corrected chi connectivity index (χ2v) is 8.24. The summed E-state index contributed by atoms with van der Waals surface area (Å²) < 4.78 is 20.0. The first-order valence-corrected chi connectivity index (χ1v) is 11.0. The molecule has 4 rings (SSSR count). The van der Waals surface area contributed by atoms with Gasteiger partial charge in [-0.1, -0.05) is 30.3 Å². The first-order valence-electron chi connectivity index (χ1n) is 11.0. The van der Waals surface area contributed by atoms with Gasteiger partial charge in [0, 0.05) is 39.1 Å². The lowest BCUT2D eigenvalue weighted by molar-refractivity contribution is -0.126. The molecule has 0 unspecified atom stereocenters. The van der Waals surface area contributed by atoms with Gasteiger partial charge in [-0.25, -0.2) is 9.18 Å². The number of benzene rings is 2. The summed E-state index contributed by atoms with van der Waals surface area (Å²) in [7, 11) is 1.65. The van der Waals surface area contributed by atoms with Gasteiger partial charge in [-0.2, -0.15) is 0 Å². The smallest absolute Gasteiger partial charge is 0.321 e. The SMILES string of the molecule is CNC(=O)[C@@H]1C[C@H](Oc2ccccc2)CN1C1CCN(C(=O)Nc2ccccc2F)CC1. The highest BCUT2D eigenvalue weighted by molar-refractivity contribution is 5.89. The number of para-hydroxylation sites is 2. The third-order valence-electron chi connectivity index (χ3n) is 6.23. The topological polar surface area (TPSA) is 73.9 Å². The van der Waals surface area contributed by atoms with Gasteiger partial charge in [0.25, 0.3) is 0 Å². The molecular weight excluding hydrogens is 411 g/mol. The van der Waals surface area contributed by atoms with Crippen LogP contribution in [0.4, 0.5) is 14.9 Å². The van der Waals surface area contributed by atoms with E-state index >= 15 is 0 Å². The molecule has 2 aromatic carbocycles. The van der Waals surface area contributed by atoms with Crippen molar-refractivity contribution in [2.24, 2.45) is 0 Å². The average Bonchev–Trinajstić information content (AvgIpc) is 3.24. The fraction of sp³-hybridized carbons (Fsp3) is 0.417. The number of nitrogens with zero attached hydrogens (tertiary/aromatic N) is 2. The number of piperidine rings is 1. The Morgan fingerprint density at radius 3 is 2.41 bits per heavy atom. The Hall–Kier alpha value is -3.13. The Labute approximate surface area is 187 Å². The number of likely N-dealkylation sites (tertiary alicyclic amines) is 2. The minimum atomic E-state index is -0.453. The van der Waals surface area contributed by atoms with Crippen LogP contribution in [0.25, 0.3) is 0 Å². The fourth-order valence-electron chi connectivity index (χ4n) is 4.58. The number of hydrogen-bond acceptors (Lipinski definition) is 4. The van der Waals surface area contributed by atoms with Crippen LogP contribution < -0.4 is 15.4 Å². The summed E-state index contributed by atoms with van der Waals surface area (Å²) in [5.41, 5.74) is 0.180. The number of carbonyl (C=O) groups excluding carboxylic acids is 2. The van der Waals surface area contributed by atoms with Gasteiger partial charge >= 0.3 is 6.03 Å². The Balaban J connectivity index is 1.36. The van der Waals surface area contributed by atoms with Crippen LogP contribution in [0.15, 0.2) is 54.6 Å². The maximum Gasteiger partial charge on any atom is 0.321 e. The van der Waals surface area contributed by atoms with Crippen molar-refractivity contribution >= 4 is 17.6 Å². The number of ether oxygens (including phenoxy) is 1. The van der Waals surface area contributed by atoms with Gasteiger partial charge in [-0.15, -0.1) is 0 Å². The number of likely N-dealkylation sites (N-methyl/N-ethyl adjacent to an activating group) is 1. The van der Waals surface area contributed by atoms with Crippen LogP contribution in [-0.4, -0.2) is 66.6 Å². The number of amides is 3. The van der Waals surface area contributed by atoms with Crippen molar-refractivity contribution in [3.05, 3.63) is 60.4 Å². The maximum absolute atomic E-state index is 13.8. The Bertz CT molecular complexity index is 934. The number of urea groups is 1. The third-order valence-corrected chi connectivity index (χ3v) is 6.23. The molecule has 0 saturated carbocycles.